The normalized spacial score (nSPS) is 20.4. The van der Waals surface area contributed by atoms with Crippen LogP contribution in [0.15, 0.2) is 47.2 Å². The first kappa shape index (κ1) is 32.5. The highest BCUT2D eigenvalue weighted by Crippen LogP contribution is 2.26. The third kappa shape index (κ3) is 9.80. The second-order valence-corrected chi connectivity index (χ2v) is 13.7. The van der Waals surface area contributed by atoms with E-state index in [4.69, 9.17) is 4.74 Å². The molecule has 2 aliphatic heterocycles. The Labute approximate surface area is 255 Å². The van der Waals surface area contributed by atoms with Gasteiger partial charge in [-0.2, -0.15) is 0 Å². The van der Waals surface area contributed by atoms with Crippen molar-refractivity contribution in [1.82, 2.24) is 25.2 Å². The van der Waals surface area contributed by atoms with E-state index in [1.165, 1.54) is 11.0 Å². The minimum atomic E-state index is -3.69. The van der Waals surface area contributed by atoms with Crippen molar-refractivity contribution < 1.29 is 27.1 Å². The Bertz CT molecular complexity index is 1310. The number of ether oxygens (including phenoxy) is 1. The number of rotatable bonds is 13. The van der Waals surface area contributed by atoms with Crippen LogP contribution in [-0.2, 0) is 37.4 Å². The lowest BCUT2D eigenvalue weighted by molar-refractivity contribution is -0.140. The Morgan fingerprint density at radius 2 is 1.95 bits per heavy atom. The molecule has 3 N–H and O–H groups in total. The highest BCUT2D eigenvalue weighted by atomic mass is 79.9. The number of amides is 2. The molecule has 2 aromatic rings. The average Bonchev–Trinajstić information content (AvgIpc) is 3.39. The molecule has 3 atom stereocenters. The summed E-state index contributed by atoms with van der Waals surface area (Å²) in [6.07, 6.45) is 7.63. The van der Waals surface area contributed by atoms with Gasteiger partial charge in [-0.15, -0.1) is 0 Å². The molecule has 3 heterocycles. The number of pyridine rings is 1. The van der Waals surface area contributed by atoms with Crippen LogP contribution in [-0.4, -0.2) is 80.7 Å². The van der Waals surface area contributed by atoms with Crippen molar-refractivity contribution in [3.63, 3.8) is 0 Å². The molecule has 1 aromatic heterocycles. The van der Waals surface area contributed by atoms with Crippen LogP contribution in [0.3, 0.4) is 0 Å². The summed E-state index contributed by atoms with van der Waals surface area (Å²) in [7, 11) is -3.69. The van der Waals surface area contributed by atoms with E-state index in [1.807, 2.05) is 12.1 Å². The Kier molecular flexibility index (Phi) is 11.8. The standard InChI is InChI=1S/C29H39BrFN5O5S/c1-42(39,40)35-26(5-2-20-6-11-32-12-7-20)29(38)36-18-24(41-19-22-3-4-23(30)16-25(22)31)17-27(36)28(37)34-15-10-21-8-13-33-14-9-21/h3-4,8-9,13-14,16,20,24,26-27,32,35H,2,5-7,10-12,15,17-19H2,1H3,(H,34,37)/t24-,26-,27-/m1/s1. The molecule has 1 aromatic carbocycles. The van der Waals surface area contributed by atoms with Crippen molar-refractivity contribution in [2.45, 2.75) is 63.3 Å². The third-order valence-electron chi connectivity index (χ3n) is 7.78. The maximum absolute atomic E-state index is 14.4. The molecule has 230 valence electrons. The number of nitrogens with one attached hydrogen (secondary N) is 3. The number of likely N-dealkylation sites (tertiary alicyclic amines) is 1. The van der Waals surface area contributed by atoms with Gasteiger partial charge in [0.15, 0.2) is 0 Å². The number of hydrogen-bond donors (Lipinski definition) is 3. The van der Waals surface area contributed by atoms with Crippen LogP contribution < -0.4 is 15.4 Å². The van der Waals surface area contributed by atoms with E-state index >= 15 is 0 Å². The molecule has 13 heteroatoms. The van der Waals surface area contributed by atoms with Crippen LogP contribution in [0.1, 0.15) is 43.2 Å². The van der Waals surface area contributed by atoms with Gasteiger partial charge in [-0.25, -0.2) is 17.5 Å². The van der Waals surface area contributed by atoms with Gasteiger partial charge in [-0.05, 0) is 80.9 Å². The van der Waals surface area contributed by atoms with Gasteiger partial charge in [0.05, 0.1) is 19.0 Å². The van der Waals surface area contributed by atoms with Crippen molar-refractivity contribution in [3.8, 4) is 0 Å². The summed E-state index contributed by atoms with van der Waals surface area (Å²) in [4.78, 5) is 32.7. The Morgan fingerprint density at radius 3 is 2.64 bits per heavy atom. The summed E-state index contributed by atoms with van der Waals surface area (Å²) in [5, 5.41) is 6.23. The number of sulfonamides is 1. The number of carbonyl (C=O) groups excluding carboxylic acids is 2. The lowest BCUT2D eigenvalue weighted by atomic mass is 9.91. The minimum absolute atomic E-state index is 0.0249. The lowest BCUT2D eigenvalue weighted by Crippen LogP contribution is -2.53. The van der Waals surface area contributed by atoms with E-state index in [2.05, 4.69) is 36.3 Å². The largest absolute Gasteiger partial charge is 0.371 e. The number of halogens is 2. The molecule has 2 amide bonds. The predicted molar refractivity (Wildman–Crippen MR) is 160 cm³/mol. The Balaban J connectivity index is 1.46. The Morgan fingerprint density at radius 1 is 1.21 bits per heavy atom. The topological polar surface area (TPSA) is 130 Å². The van der Waals surface area contributed by atoms with Gasteiger partial charge < -0.3 is 20.3 Å². The summed E-state index contributed by atoms with van der Waals surface area (Å²) in [6, 6.07) is 6.58. The third-order valence-corrected chi connectivity index (χ3v) is 8.98. The molecular weight excluding hydrogens is 629 g/mol. The first-order valence-corrected chi connectivity index (χ1v) is 17.0. The van der Waals surface area contributed by atoms with Gasteiger partial charge in [0.25, 0.3) is 0 Å². The fourth-order valence-electron chi connectivity index (χ4n) is 5.52. The smallest absolute Gasteiger partial charge is 0.242 e. The van der Waals surface area contributed by atoms with Crippen LogP contribution in [0.25, 0.3) is 0 Å². The second kappa shape index (κ2) is 15.3. The number of carbonyl (C=O) groups is 2. The second-order valence-electron chi connectivity index (χ2n) is 11.0. The Hall–Kier alpha value is -2.45. The van der Waals surface area contributed by atoms with E-state index in [9.17, 15) is 22.4 Å². The monoisotopic (exact) mass is 667 g/mol. The zero-order valence-electron chi connectivity index (χ0n) is 23.7. The molecule has 0 bridgehead atoms. The van der Waals surface area contributed by atoms with Gasteiger partial charge in [-0.3, -0.25) is 14.6 Å². The number of hydrogen-bond acceptors (Lipinski definition) is 7. The quantitative estimate of drug-likeness (QED) is 0.299. The highest BCUT2D eigenvalue weighted by molar-refractivity contribution is 9.10. The van der Waals surface area contributed by atoms with Gasteiger partial charge in [-0.1, -0.05) is 22.0 Å². The molecule has 2 aliphatic rings. The van der Waals surface area contributed by atoms with Gasteiger partial charge in [0.1, 0.15) is 17.9 Å². The molecule has 0 unspecified atom stereocenters. The van der Waals surface area contributed by atoms with Crippen molar-refractivity contribution >= 4 is 37.8 Å². The fourth-order valence-corrected chi connectivity index (χ4v) is 6.59. The first-order chi connectivity index (χ1) is 20.1. The van der Waals surface area contributed by atoms with E-state index in [1.54, 1.807) is 24.5 Å². The molecule has 0 aliphatic carbocycles. The SMILES string of the molecule is CS(=O)(=O)N[C@H](CCC1CCNCC1)C(=O)N1C[C@H](OCc2ccc(Br)cc2F)C[C@@H]1C(=O)NCCc1ccncc1. The zero-order chi connectivity index (χ0) is 30.1. The summed E-state index contributed by atoms with van der Waals surface area (Å²) in [5.41, 5.74) is 1.37. The summed E-state index contributed by atoms with van der Waals surface area (Å²) < 4.78 is 48.0. The van der Waals surface area contributed by atoms with Crippen LogP contribution in [0.5, 0.6) is 0 Å². The molecule has 2 saturated heterocycles. The van der Waals surface area contributed by atoms with Crippen molar-refractivity contribution in [2.24, 2.45) is 5.92 Å². The molecule has 0 spiro atoms. The molecule has 10 nitrogen and oxygen atoms in total. The maximum atomic E-state index is 14.4. The van der Waals surface area contributed by atoms with Gasteiger partial charge in [0, 0.05) is 41.9 Å². The minimum Gasteiger partial charge on any atom is -0.371 e. The molecule has 2 fully saturated rings. The van der Waals surface area contributed by atoms with E-state index < -0.39 is 39.9 Å². The van der Waals surface area contributed by atoms with Gasteiger partial charge >= 0.3 is 0 Å². The van der Waals surface area contributed by atoms with Crippen molar-refractivity contribution in [3.05, 3.63) is 64.1 Å². The van der Waals surface area contributed by atoms with Gasteiger partial charge in [0.2, 0.25) is 21.8 Å². The average molecular weight is 669 g/mol. The summed E-state index contributed by atoms with van der Waals surface area (Å²) >= 11 is 3.24. The first-order valence-electron chi connectivity index (χ1n) is 14.3. The van der Waals surface area contributed by atoms with E-state index in [-0.39, 0.29) is 25.5 Å². The van der Waals surface area contributed by atoms with Crippen LogP contribution in [0, 0.1) is 11.7 Å². The number of benzene rings is 1. The summed E-state index contributed by atoms with van der Waals surface area (Å²) in [5.74, 6) is -0.818. The summed E-state index contributed by atoms with van der Waals surface area (Å²) in [6.45, 7) is 2.22. The molecule has 42 heavy (non-hydrogen) atoms. The van der Waals surface area contributed by atoms with Crippen LogP contribution in [0.4, 0.5) is 4.39 Å². The maximum Gasteiger partial charge on any atom is 0.242 e. The number of piperidine rings is 1. The molecular formula is C29H39BrFN5O5S. The molecule has 0 saturated carbocycles. The van der Waals surface area contributed by atoms with Crippen molar-refractivity contribution in [2.75, 3.05) is 32.4 Å². The lowest BCUT2D eigenvalue weighted by Gasteiger charge is -2.30. The fraction of sp³-hybridized carbons (Fsp3) is 0.552. The predicted octanol–water partition coefficient (Wildman–Crippen LogP) is 2.53. The van der Waals surface area contributed by atoms with E-state index in [0.717, 1.165) is 37.8 Å². The van der Waals surface area contributed by atoms with Crippen molar-refractivity contribution in [1.29, 1.82) is 0 Å². The molecule has 0 radical (unpaired) electrons. The van der Waals surface area contributed by atoms with Crippen LogP contribution in [0.2, 0.25) is 0 Å². The molecule has 4 rings (SSSR count). The van der Waals surface area contributed by atoms with Crippen LogP contribution >= 0.6 is 15.9 Å². The zero-order valence-corrected chi connectivity index (χ0v) is 26.1. The number of nitrogens with zero attached hydrogens (tertiary/aromatic N) is 2. The number of aromatic nitrogens is 1. The van der Waals surface area contributed by atoms with E-state index in [0.29, 0.717) is 41.8 Å². The highest BCUT2D eigenvalue weighted by Gasteiger charge is 2.42.